The Balaban J connectivity index is 1.54. The summed E-state index contributed by atoms with van der Waals surface area (Å²) in [5.74, 6) is 0.985. The van der Waals surface area contributed by atoms with Gasteiger partial charge in [0.25, 0.3) is 0 Å². The van der Waals surface area contributed by atoms with Gasteiger partial charge in [0.1, 0.15) is 6.10 Å². The average Bonchev–Trinajstić information content (AvgIpc) is 2.82. The molecule has 2 saturated heterocycles. The maximum atomic E-state index is 11.5. The van der Waals surface area contributed by atoms with Gasteiger partial charge in [0, 0.05) is 64.2 Å². The molecule has 23 heavy (non-hydrogen) atoms. The second-order valence-electron chi connectivity index (χ2n) is 6.44. The summed E-state index contributed by atoms with van der Waals surface area (Å²) in [5.41, 5.74) is 1.13. The summed E-state index contributed by atoms with van der Waals surface area (Å²) in [5, 5.41) is 0. The van der Waals surface area contributed by atoms with Crippen LogP contribution in [0.15, 0.2) is 12.4 Å². The van der Waals surface area contributed by atoms with E-state index in [4.69, 9.17) is 4.74 Å². The Labute approximate surface area is 137 Å². The molecular formula is C17H26N4O2. The molecule has 0 N–H and O–H groups in total. The normalized spacial score (nSPS) is 23.5. The van der Waals surface area contributed by atoms with Crippen LogP contribution in [0.25, 0.3) is 0 Å². The molecule has 0 radical (unpaired) electrons. The molecule has 0 aliphatic carbocycles. The van der Waals surface area contributed by atoms with Gasteiger partial charge in [-0.2, -0.15) is 0 Å². The molecule has 6 nitrogen and oxygen atoms in total. The number of hydrogen-bond acceptors (Lipinski definition) is 5. The van der Waals surface area contributed by atoms with Gasteiger partial charge in [0.15, 0.2) is 5.82 Å². The van der Waals surface area contributed by atoms with E-state index in [1.165, 1.54) is 6.42 Å². The number of carbonyl (C=O) groups is 1. The predicted octanol–water partition coefficient (Wildman–Crippen LogP) is 1.77. The molecule has 1 aromatic heterocycles. The van der Waals surface area contributed by atoms with Gasteiger partial charge >= 0.3 is 0 Å². The highest BCUT2D eigenvalue weighted by Crippen LogP contribution is 2.24. The summed E-state index contributed by atoms with van der Waals surface area (Å²) in [6.45, 7) is 6.90. The Bertz CT molecular complexity index is 514. The highest BCUT2D eigenvalue weighted by Gasteiger charge is 2.19. The fourth-order valence-electron chi connectivity index (χ4n) is 3.26. The molecule has 2 aliphatic rings. The van der Waals surface area contributed by atoms with Crippen molar-refractivity contribution in [3.05, 3.63) is 23.8 Å². The van der Waals surface area contributed by atoms with Crippen LogP contribution in [0.4, 0.5) is 0 Å². The van der Waals surface area contributed by atoms with Crippen LogP contribution in [-0.2, 0) is 16.1 Å². The van der Waals surface area contributed by atoms with E-state index in [0.717, 1.165) is 70.0 Å². The number of carbonyl (C=O) groups excluding carboxylic acids is 1. The first-order valence-corrected chi connectivity index (χ1v) is 8.62. The largest absolute Gasteiger partial charge is 0.370 e. The average molecular weight is 318 g/mol. The molecule has 0 spiro atoms. The lowest BCUT2D eigenvalue weighted by atomic mass is 10.1. The van der Waals surface area contributed by atoms with Gasteiger partial charge in [0.2, 0.25) is 5.91 Å². The first-order valence-electron chi connectivity index (χ1n) is 8.62. The van der Waals surface area contributed by atoms with E-state index >= 15 is 0 Å². The SMILES string of the molecule is CC(=O)N1CCCN(Cc2cnc(C3CCCCO3)nc2)CC1. The molecule has 0 saturated carbocycles. The number of hydrogen-bond donors (Lipinski definition) is 0. The smallest absolute Gasteiger partial charge is 0.219 e. The van der Waals surface area contributed by atoms with E-state index in [9.17, 15) is 4.79 Å². The van der Waals surface area contributed by atoms with Crippen molar-refractivity contribution in [2.75, 3.05) is 32.8 Å². The topological polar surface area (TPSA) is 58.6 Å². The van der Waals surface area contributed by atoms with Gasteiger partial charge in [-0.05, 0) is 25.7 Å². The monoisotopic (exact) mass is 318 g/mol. The Morgan fingerprint density at radius 2 is 2.00 bits per heavy atom. The number of nitrogens with zero attached hydrogens (tertiary/aromatic N) is 4. The van der Waals surface area contributed by atoms with Crippen LogP contribution in [0.3, 0.4) is 0 Å². The van der Waals surface area contributed by atoms with Crippen molar-refractivity contribution >= 4 is 5.91 Å². The van der Waals surface area contributed by atoms with Gasteiger partial charge in [-0.1, -0.05) is 0 Å². The van der Waals surface area contributed by atoms with Gasteiger partial charge in [-0.15, -0.1) is 0 Å². The van der Waals surface area contributed by atoms with Gasteiger partial charge in [-0.3, -0.25) is 9.69 Å². The minimum atomic E-state index is 0.0695. The van der Waals surface area contributed by atoms with E-state index in [1.807, 2.05) is 17.3 Å². The molecule has 6 heteroatoms. The zero-order valence-electron chi connectivity index (χ0n) is 13.9. The molecule has 2 fully saturated rings. The molecular weight excluding hydrogens is 292 g/mol. The van der Waals surface area contributed by atoms with Crippen molar-refractivity contribution < 1.29 is 9.53 Å². The summed E-state index contributed by atoms with van der Waals surface area (Å²) in [6, 6.07) is 0. The second-order valence-corrected chi connectivity index (χ2v) is 6.44. The standard InChI is InChI=1S/C17H26N4O2/c1-14(22)21-7-4-6-20(8-9-21)13-15-11-18-17(19-12-15)16-5-2-3-10-23-16/h11-12,16H,2-10,13H2,1H3. The van der Waals surface area contributed by atoms with E-state index < -0.39 is 0 Å². The third-order valence-corrected chi connectivity index (χ3v) is 4.63. The van der Waals surface area contributed by atoms with Crippen molar-refractivity contribution in [3.8, 4) is 0 Å². The van der Waals surface area contributed by atoms with Crippen molar-refractivity contribution in [2.45, 2.75) is 45.3 Å². The van der Waals surface area contributed by atoms with Crippen molar-refractivity contribution in [3.63, 3.8) is 0 Å². The molecule has 3 rings (SSSR count). The highest BCUT2D eigenvalue weighted by molar-refractivity contribution is 5.73. The maximum absolute atomic E-state index is 11.5. The molecule has 1 amide bonds. The quantitative estimate of drug-likeness (QED) is 0.850. The van der Waals surface area contributed by atoms with E-state index in [0.29, 0.717) is 0 Å². The lowest BCUT2D eigenvalue weighted by Gasteiger charge is -2.22. The summed E-state index contributed by atoms with van der Waals surface area (Å²) in [4.78, 5) is 24.8. The lowest BCUT2D eigenvalue weighted by Crippen LogP contribution is -2.33. The molecule has 0 aromatic carbocycles. The van der Waals surface area contributed by atoms with Crippen molar-refractivity contribution in [1.82, 2.24) is 19.8 Å². The number of aromatic nitrogens is 2. The molecule has 126 valence electrons. The maximum Gasteiger partial charge on any atom is 0.219 e. The molecule has 1 aromatic rings. The second kappa shape index (κ2) is 7.84. The van der Waals surface area contributed by atoms with E-state index in [2.05, 4.69) is 14.9 Å². The Morgan fingerprint density at radius 1 is 1.17 bits per heavy atom. The van der Waals surface area contributed by atoms with Gasteiger partial charge < -0.3 is 9.64 Å². The van der Waals surface area contributed by atoms with Gasteiger partial charge in [0.05, 0.1) is 0 Å². The summed E-state index contributed by atoms with van der Waals surface area (Å²) in [7, 11) is 0. The van der Waals surface area contributed by atoms with Crippen LogP contribution in [0.1, 0.15) is 50.1 Å². The summed E-state index contributed by atoms with van der Waals surface area (Å²) >= 11 is 0. The molecule has 3 heterocycles. The van der Waals surface area contributed by atoms with E-state index in [1.54, 1.807) is 6.92 Å². The first-order chi connectivity index (χ1) is 11.2. The van der Waals surface area contributed by atoms with Crippen LogP contribution in [-0.4, -0.2) is 58.5 Å². The van der Waals surface area contributed by atoms with Crippen molar-refractivity contribution in [1.29, 1.82) is 0 Å². The third kappa shape index (κ3) is 4.48. The zero-order chi connectivity index (χ0) is 16.1. The Morgan fingerprint density at radius 3 is 2.70 bits per heavy atom. The fraction of sp³-hybridized carbons (Fsp3) is 0.706. The molecule has 0 bridgehead atoms. The number of rotatable bonds is 3. The summed E-state index contributed by atoms with van der Waals surface area (Å²) < 4.78 is 5.73. The zero-order valence-corrected chi connectivity index (χ0v) is 13.9. The van der Waals surface area contributed by atoms with Crippen LogP contribution in [0, 0.1) is 0 Å². The van der Waals surface area contributed by atoms with Crippen LogP contribution in [0.2, 0.25) is 0 Å². The van der Waals surface area contributed by atoms with Crippen LogP contribution >= 0.6 is 0 Å². The van der Waals surface area contributed by atoms with E-state index in [-0.39, 0.29) is 12.0 Å². The molecule has 2 aliphatic heterocycles. The minimum Gasteiger partial charge on any atom is -0.370 e. The van der Waals surface area contributed by atoms with Crippen LogP contribution < -0.4 is 0 Å². The van der Waals surface area contributed by atoms with Crippen LogP contribution in [0.5, 0.6) is 0 Å². The fourth-order valence-corrected chi connectivity index (χ4v) is 3.26. The highest BCUT2D eigenvalue weighted by atomic mass is 16.5. The molecule has 1 unspecified atom stereocenters. The number of ether oxygens (including phenoxy) is 1. The molecule has 1 atom stereocenters. The third-order valence-electron chi connectivity index (χ3n) is 4.63. The first kappa shape index (κ1) is 16.3. The van der Waals surface area contributed by atoms with Crippen molar-refractivity contribution in [2.24, 2.45) is 0 Å². The Kier molecular flexibility index (Phi) is 5.56. The number of amides is 1. The van der Waals surface area contributed by atoms with Gasteiger partial charge in [-0.25, -0.2) is 9.97 Å². The predicted molar refractivity (Wildman–Crippen MR) is 86.7 cm³/mol. The minimum absolute atomic E-state index is 0.0695. The Hall–Kier alpha value is -1.53. The lowest BCUT2D eigenvalue weighted by molar-refractivity contribution is -0.128. The summed E-state index contributed by atoms with van der Waals surface area (Å²) in [6.07, 6.45) is 8.29.